The fourth-order valence-electron chi connectivity index (χ4n) is 3.18. The number of halogens is 1. The maximum atomic E-state index is 12.7. The number of nitrogens with zero attached hydrogens (tertiary/aromatic N) is 2. The molecular weight excluding hydrogens is 362 g/mol. The Labute approximate surface area is 164 Å². The van der Waals surface area contributed by atoms with Gasteiger partial charge in [0.2, 0.25) is 5.91 Å². The van der Waals surface area contributed by atoms with Crippen molar-refractivity contribution in [3.05, 3.63) is 70.7 Å². The number of rotatable bonds is 5. The maximum absolute atomic E-state index is 12.7. The van der Waals surface area contributed by atoms with E-state index in [-0.39, 0.29) is 11.8 Å². The van der Waals surface area contributed by atoms with Crippen molar-refractivity contribution in [2.75, 3.05) is 26.2 Å². The number of hydrogen-bond donors (Lipinski definition) is 1. The Balaban J connectivity index is 1.48. The summed E-state index contributed by atoms with van der Waals surface area (Å²) in [6.45, 7) is 5.63. The van der Waals surface area contributed by atoms with Gasteiger partial charge < -0.3 is 10.2 Å². The van der Waals surface area contributed by atoms with Crippen LogP contribution in [0.5, 0.6) is 0 Å². The fourth-order valence-corrected chi connectivity index (χ4v) is 3.31. The molecule has 0 aromatic heterocycles. The van der Waals surface area contributed by atoms with Crippen LogP contribution < -0.4 is 5.32 Å². The van der Waals surface area contributed by atoms with Crippen molar-refractivity contribution in [2.24, 2.45) is 0 Å². The van der Waals surface area contributed by atoms with Crippen LogP contribution in [0.1, 0.15) is 22.8 Å². The molecule has 0 aliphatic carbocycles. The number of carbonyl (C=O) groups excluding carboxylic acids is 2. The first-order chi connectivity index (χ1) is 13.0. The van der Waals surface area contributed by atoms with E-state index in [1.807, 2.05) is 23.1 Å². The Morgan fingerprint density at radius 3 is 2.26 bits per heavy atom. The summed E-state index contributed by atoms with van der Waals surface area (Å²) in [5.41, 5.74) is 1.77. The number of hydrogen-bond acceptors (Lipinski definition) is 3. The highest BCUT2D eigenvalue weighted by Gasteiger charge is 2.26. The molecule has 2 amide bonds. The second-order valence-electron chi connectivity index (χ2n) is 6.79. The zero-order chi connectivity index (χ0) is 19.2. The molecule has 142 valence electrons. The number of nitrogens with one attached hydrogen (secondary N) is 1. The van der Waals surface area contributed by atoms with Gasteiger partial charge in [-0.05, 0) is 36.8 Å². The summed E-state index contributed by atoms with van der Waals surface area (Å²) in [5, 5.41) is 3.35. The number of benzene rings is 2. The van der Waals surface area contributed by atoms with Crippen LogP contribution in [0.15, 0.2) is 54.6 Å². The summed E-state index contributed by atoms with van der Waals surface area (Å²) in [4.78, 5) is 29.1. The number of carbonyl (C=O) groups is 2. The van der Waals surface area contributed by atoms with Crippen molar-refractivity contribution in [3.8, 4) is 0 Å². The minimum atomic E-state index is -0.561. The van der Waals surface area contributed by atoms with Crippen LogP contribution in [0.4, 0.5) is 0 Å². The SMILES string of the molecule is CC(NC(=O)c1ccc(Cl)cc1)C(=O)N1CCN(Cc2ccccc2)CC1. The van der Waals surface area contributed by atoms with Gasteiger partial charge in [0, 0.05) is 43.3 Å². The van der Waals surface area contributed by atoms with Gasteiger partial charge in [-0.3, -0.25) is 14.5 Å². The van der Waals surface area contributed by atoms with Crippen molar-refractivity contribution >= 4 is 23.4 Å². The third-order valence-corrected chi connectivity index (χ3v) is 5.01. The van der Waals surface area contributed by atoms with E-state index in [1.54, 1.807) is 31.2 Å². The Kier molecular flexibility index (Phi) is 6.48. The molecule has 1 fully saturated rings. The van der Waals surface area contributed by atoms with E-state index >= 15 is 0 Å². The van der Waals surface area contributed by atoms with Gasteiger partial charge in [-0.2, -0.15) is 0 Å². The molecule has 1 heterocycles. The van der Waals surface area contributed by atoms with E-state index < -0.39 is 6.04 Å². The highest BCUT2D eigenvalue weighted by Crippen LogP contribution is 2.11. The van der Waals surface area contributed by atoms with Crippen LogP contribution in [0, 0.1) is 0 Å². The van der Waals surface area contributed by atoms with E-state index in [0.717, 1.165) is 19.6 Å². The highest BCUT2D eigenvalue weighted by atomic mass is 35.5. The molecule has 6 heteroatoms. The molecule has 1 saturated heterocycles. The summed E-state index contributed by atoms with van der Waals surface area (Å²) >= 11 is 5.84. The summed E-state index contributed by atoms with van der Waals surface area (Å²) < 4.78 is 0. The van der Waals surface area contributed by atoms with Crippen molar-refractivity contribution in [2.45, 2.75) is 19.5 Å². The van der Waals surface area contributed by atoms with Crippen molar-refractivity contribution < 1.29 is 9.59 Å². The molecule has 1 atom stereocenters. The predicted octanol–water partition coefficient (Wildman–Crippen LogP) is 2.80. The molecule has 0 spiro atoms. The van der Waals surface area contributed by atoms with Gasteiger partial charge in [-0.1, -0.05) is 41.9 Å². The average Bonchev–Trinajstić information content (AvgIpc) is 2.69. The lowest BCUT2D eigenvalue weighted by Crippen LogP contribution is -2.53. The average molecular weight is 386 g/mol. The molecule has 27 heavy (non-hydrogen) atoms. The molecule has 1 aliphatic heterocycles. The lowest BCUT2D eigenvalue weighted by atomic mass is 10.1. The smallest absolute Gasteiger partial charge is 0.251 e. The quantitative estimate of drug-likeness (QED) is 0.861. The monoisotopic (exact) mass is 385 g/mol. The first kappa shape index (κ1) is 19.4. The minimum Gasteiger partial charge on any atom is -0.341 e. The standard InChI is InChI=1S/C21H24ClN3O2/c1-16(23-20(26)18-7-9-19(22)10-8-18)21(27)25-13-11-24(12-14-25)15-17-5-3-2-4-6-17/h2-10,16H,11-15H2,1H3,(H,23,26). The molecule has 3 rings (SSSR count). The molecule has 1 aliphatic rings. The van der Waals surface area contributed by atoms with Crippen LogP contribution >= 0.6 is 11.6 Å². The minimum absolute atomic E-state index is 0.0447. The maximum Gasteiger partial charge on any atom is 0.251 e. The molecule has 0 radical (unpaired) electrons. The molecule has 0 bridgehead atoms. The molecule has 5 nitrogen and oxygen atoms in total. The molecule has 1 unspecified atom stereocenters. The second kappa shape index (κ2) is 9.02. The predicted molar refractivity (Wildman–Crippen MR) is 107 cm³/mol. The largest absolute Gasteiger partial charge is 0.341 e. The number of amides is 2. The third-order valence-electron chi connectivity index (χ3n) is 4.76. The zero-order valence-corrected chi connectivity index (χ0v) is 16.2. The first-order valence-electron chi connectivity index (χ1n) is 9.14. The topological polar surface area (TPSA) is 52.7 Å². The lowest BCUT2D eigenvalue weighted by Gasteiger charge is -2.36. The fraction of sp³-hybridized carbons (Fsp3) is 0.333. The van der Waals surface area contributed by atoms with E-state index in [0.29, 0.717) is 23.7 Å². The van der Waals surface area contributed by atoms with E-state index in [2.05, 4.69) is 22.3 Å². The molecular formula is C21H24ClN3O2. The summed E-state index contributed by atoms with van der Waals surface area (Å²) in [5.74, 6) is -0.313. The van der Waals surface area contributed by atoms with Crippen molar-refractivity contribution in [1.29, 1.82) is 0 Å². The van der Waals surface area contributed by atoms with Crippen molar-refractivity contribution in [1.82, 2.24) is 15.1 Å². The molecule has 0 saturated carbocycles. The first-order valence-corrected chi connectivity index (χ1v) is 9.52. The molecule has 1 N–H and O–H groups in total. The number of piperazine rings is 1. The van der Waals surface area contributed by atoms with Gasteiger partial charge in [0.1, 0.15) is 6.04 Å². The lowest BCUT2D eigenvalue weighted by molar-refractivity contribution is -0.134. The van der Waals surface area contributed by atoms with Gasteiger partial charge in [0.25, 0.3) is 5.91 Å². The van der Waals surface area contributed by atoms with E-state index in [9.17, 15) is 9.59 Å². The van der Waals surface area contributed by atoms with Crippen molar-refractivity contribution in [3.63, 3.8) is 0 Å². The van der Waals surface area contributed by atoms with Crippen LogP contribution in [-0.2, 0) is 11.3 Å². The van der Waals surface area contributed by atoms with E-state index in [4.69, 9.17) is 11.6 Å². The van der Waals surface area contributed by atoms with E-state index in [1.165, 1.54) is 5.56 Å². The highest BCUT2D eigenvalue weighted by molar-refractivity contribution is 6.30. The zero-order valence-electron chi connectivity index (χ0n) is 15.4. The van der Waals surface area contributed by atoms with Gasteiger partial charge in [-0.25, -0.2) is 0 Å². The van der Waals surface area contributed by atoms with Gasteiger partial charge in [0.15, 0.2) is 0 Å². The van der Waals surface area contributed by atoms with Crippen LogP contribution in [0.25, 0.3) is 0 Å². The molecule has 2 aromatic carbocycles. The van der Waals surface area contributed by atoms with Gasteiger partial charge in [0.05, 0.1) is 0 Å². The Morgan fingerprint density at radius 2 is 1.63 bits per heavy atom. The Morgan fingerprint density at radius 1 is 1.00 bits per heavy atom. The summed E-state index contributed by atoms with van der Waals surface area (Å²) in [6, 6.07) is 16.4. The summed E-state index contributed by atoms with van der Waals surface area (Å²) in [6.07, 6.45) is 0. The van der Waals surface area contributed by atoms with Gasteiger partial charge >= 0.3 is 0 Å². The Bertz CT molecular complexity index is 772. The normalized spacial score (nSPS) is 16.0. The van der Waals surface area contributed by atoms with Crippen LogP contribution in [0.3, 0.4) is 0 Å². The van der Waals surface area contributed by atoms with Gasteiger partial charge in [-0.15, -0.1) is 0 Å². The second-order valence-corrected chi connectivity index (χ2v) is 7.23. The van der Waals surface area contributed by atoms with Crippen LogP contribution in [0.2, 0.25) is 5.02 Å². The van der Waals surface area contributed by atoms with Crippen LogP contribution in [-0.4, -0.2) is 53.8 Å². The molecule has 2 aromatic rings. The Hall–Kier alpha value is -2.37. The summed E-state index contributed by atoms with van der Waals surface area (Å²) in [7, 11) is 0. The third kappa shape index (κ3) is 5.31.